The predicted molar refractivity (Wildman–Crippen MR) is 72.9 cm³/mol. The highest BCUT2D eigenvalue weighted by Gasteiger charge is 2.04. The molecule has 2 rings (SSSR count). The van der Waals surface area contributed by atoms with Crippen LogP contribution in [0.25, 0.3) is 0 Å². The molecule has 0 aliphatic rings. The van der Waals surface area contributed by atoms with Crippen molar-refractivity contribution in [3.05, 3.63) is 53.6 Å². The van der Waals surface area contributed by atoms with E-state index in [1.54, 1.807) is 12.1 Å². The lowest BCUT2D eigenvalue weighted by Crippen LogP contribution is -1.99. The SMILES string of the molecule is CCc1ccc(NCc2cccc(O)c2O)cc1. The van der Waals surface area contributed by atoms with E-state index in [0.29, 0.717) is 12.1 Å². The Morgan fingerprint density at radius 2 is 1.72 bits per heavy atom. The van der Waals surface area contributed by atoms with Gasteiger partial charge in [0.15, 0.2) is 11.5 Å². The lowest BCUT2D eigenvalue weighted by molar-refractivity contribution is 0.400. The van der Waals surface area contributed by atoms with Crippen molar-refractivity contribution in [2.24, 2.45) is 0 Å². The molecule has 0 radical (unpaired) electrons. The normalized spacial score (nSPS) is 10.3. The summed E-state index contributed by atoms with van der Waals surface area (Å²) in [6.45, 7) is 2.60. The van der Waals surface area contributed by atoms with Gasteiger partial charge < -0.3 is 15.5 Å². The fourth-order valence-electron chi connectivity index (χ4n) is 1.78. The van der Waals surface area contributed by atoms with Gasteiger partial charge in [-0.1, -0.05) is 31.2 Å². The van der Waals surface area contributed by atoms with E-state index in [9.17, 15) is 10.2 Å². The van der Waals surface area contributed by atoms with Gasteiger partial charge in [0.05, 0.1) is 0 Å². The quantitative estimate of drug-likeness (QED) is 0.722. The summed E-state index contributed by atoms with van der Waals surface area (Å²) in [5, 5.41) is 22.3. The standard InChI is InChI=1S/C15H17NO2/c1-2-11-6-8-13(9-7-11)16-10-12-4-3-5-14(17)15(12)18/h3-9,16-18H,2,10H2,1H3. The minimum Gasteiger partial charge on any atom is -0.504 e. The van der Waals surface area contributed by atoms with E-state index in [1.807, 2.05) is 12.1 Å². The van der Waals surface area contributed by atoms with Gasteiger partial charge in [0, 0.05) is 17.8 Å². The fraction of sp³-hybridized carbons (Fsp3) is 0.200. The molecule has 0 bridgehead atoms. The average molecular weight is 243 g/mol. The first-order chi connectivity index (χ1) is 8.70. The minimum atomic E-state index is -0.0874. The Morgan fingerprint density at radius 1 is 1.00 bits per heavy atom. The van der Waals surface area contributed by atoms with Crippen LogP contribution in [0.4, 0.5) is 5.69 Å². The van der Waals surface area contributed by atoms with Crippen molar-refractivity contribution in [2.45, 2.75) is 19.9 Å². The van der Waals surface area contributed by atoms with Crippen LogP contribution in [-0.4, -0.2) is 10.2 Å². The van der Waals surface area contributed by atoms with Gasteiger partial charge in [-0.05, 0) is 30.2 Å². The van der Waals surface area contributed by atoms with Crippen LogP contribution >= 0.6 is 0 Å². The van der Waals surface area contributed by atoms with Crippen LogP contribution in [0.5, 0.6) is 11.5 Å². The summed E-state index contributed by atoms with van der Waals surface area (Å²) in [5.74, 6) is -0.147. The number of phenols is 2. The third-order valence-corrected chi connectivity index (χ3v) is 2.94. The molecule has 3 heteroatoms. The lowest BCUT2D eigenvalue weighted by atomic mass is 10.1. The monoisotopic (exact) mass is 243 g/mol. The molecule has 2 aromatic rings. The van der Waals surface area contributed by atoms with E-state index in [0.717, 1.165) is 12.1 Å². The Morgan fingerprint density at radius 3 is 2.39 bits per heavy atom. The predicted octanol–water partition coefficient (Wildman–Crippen LogP) is 3.27. The molecule has 3 N–H and O–H groups in total. The summed E-state index contributed by atoms with van der Waals surface area (Å²) in [5.41, 5.74) is 2.96. The van der Waals surface area contributed by atoms with E-state index in [1.165, 1.54) is 11.6 Å². The number of rotatable bonds is 4. The van der Waals surface area contributed by atoms with Crippen molar-refractivity contribution >= 4 is 5.69 Å². The zero-order valence-corrected chi connectivity index (χ0v) is 10.4. The van der Waals surface area contributed by atoms with Crippen LogP contribution in [0.1, 0.15) is 18.1 Å². The number of aromatic hydroxyl groups is 2. The Hall–Kier alpha value is -2.16. The Kier molecular flexibility index (Phi) is 3.72. The first kappa shape index (κ1) is 12.3. The number of aryl methyl sites for hydroxylation is 1. The molecule has 0 aliphatic carbocycles. The van der Waals surface area contributed by atoms with Gasteiger partial charge in [-0.3, -0.25) is 0 Å². The Bertz CT molecular complexity index is 521. The molecule has 0 aromatic heterocycles. The Balaban J connectivity index is 2.04. The zero-order valence-electron chi connectivity index (χ0n) is 10.4. The highest BCUT2D eigenvalue weighted by atomic mass is 16.3. The third-order valence-electron chi connectivity index (χ3n) is 2.94. The van der Waals surface area contributed by atoms with Gasteiger partial charge in [-0.15, -0.1) is 0 Å². The number of benzene rings is 2. The van der Waals surface area contributed by atoms with Gasteiger partial charge in [0.25, 0.3) is 0 Å². The fourth-order valence-corrected chi connectivity index (χ4v) is 1.78. The third kappa shape index (κ3) is 2.74. The van der Waals surface area contributed by atoms with E-state index in [-0.39, 0.29) is 11.5 Å². The summed E-state index contributed by atoms with van der Waals surface area (Å²) >= 11 is 0. The van der Waals surface area contributed by atoms with E-state index >= 15 is 0 Å². The molecule has 0 unspecified atom stereocenters. The molecular formula is C15H17NO2. The molecule has 0 amide bonds. The Labute approximate surface area is 107 Å². The smallest absolute Gasteiger partial charge is 0.162 e. The van der Waals surface area contributed by atoms with Gasteiger partial charge >= 0.3 is 0 Å². The second kappa shape index (κ2) is 5.45. The van der Waals surface area contributed by atoms with E-state index < -0.39 is 0 Å². The highest BCUT2D eigenvalue weighted by Crippen LogP contribution is 2.28. The molecule has 3 nitrogen and oxygen atoms in total. The van der Waals surface area contributed by atoms with Crippen molar-refractivity contribution in [3.63, 3.8) is 0 Å². The van der Waals surface area contributed by atoms with Crippen LogP contribution in [-0.2, 0) is 13.0 Å². The first-order valence-corrected chi connectivity index (χ1v) is 6.03. The maximum atomic E-state index is 9.67. The molecule has 18 heavy (non-hydrogen) atoms. The molecule has 94 valence electrons. The summed E-state index contributed by atoms with van der Waals surface area (Å²) in [7, 11) is 0. The number of phenolic OH excluding ortho intramolecular Hbond substituents is 2. The van der Waals surface area contributed by atoms with Crippen molar-refractivity contribution in [1.29, 1.82) is 0 Å². The number of hydrogen-bond donors (Lipinski definition) is 3. The number of nitrogens with one attached hydrogen (secondary N) is 1. The molecule has 2 aromatic carbocycles. The topological polar surface area (TPSA) is 52.5 Å². The second-order valence-corrected chi connectivity index (χ2v) is 4.19. The summed E-state index contributed by atoms with van der Waals surface area (Å²) in [6, 6.07) is 13.1. The van der Waals surface area contributed by atoms with Crippen molar-refractivity contribution in [2.75, 3.05) is 5.32 Å². The van der Waals surface area contributed by atoms with Crippen LogP contribution in [0.15, 0.2) is 42.5 Å². The summed E-state index contributed by atoms with van der Waals surface area (Å²) in [6.07, 6.45) is 1.02. The largest absolute Gasteiger partial charge is 0.504 e. The summed E-state index contributed by atoms with van der Waals surface area (Å²) < 4.78 is 0. The van der Waals surface area contributed by atoms with Crippen molar-refractivity contribution < 1.29 is 10.2 Å². The van der Waals surface area contributed by atoms with Crippen LogP contribution in [0, 0.1) is 0 Å². The van der Waals surface area contributed by atoms with Crippen LogP contribution in [0.2, 0.25) is 0 Å². The molecule has 0 spiro atoms. The maximum absolute atomic E-state index is 9.67. The molecular weight excluding hydrogens is 226 g/mol. The molecule has 0 heterocycles. The van der Waals surface area contributed by atoms with Gasteiger partial charge in [-0.2, -0.15) is 0 Å². The van der Waals surface area contributed by atoms with Gasteiger partial charge in [0.2, 0.25) is 0 Å². The molecule has 0 aliphatic heterocycles. The number of hydrogen-bond acceptors (Lipinski definition) is 3. The minimum absolute atomic E-state index is 0.0600. The van der Waals surface area contributed by atoms with Crippen LogP contribution < -0.4 is 5.32 Å². The van der Waals surface area contributed by atoms with E-state index in [2.05, 4.69) is 24.4 Å². The average Bonchev–Trinajstić information content (AvgIpc) is 2.41. The van der Waals surface area contributed by atoms with Crippen LogP contribution in [0.3, 0.4) is 0 Å². The second-order valence-electron chi connectivity index (χ2n) is 4.19. The number of anilines is 1. The first-order valence-electron chi connectivity index (χ1n) is 6.03. The maximum Gasteiger partial charge on any atom is 0.162 e. The summed E-state index contributed by atoms with van der Waals surface area (Å²) in [4.78, 5) is 0. The van der Waals surface area contributed by atoms with E-state index in [4.69, 9.17) is 0 Å². The van der Waals surface area contributed by atoms with Gasteiger partial charge in [-0.25, -0.2) is 0 Å². The zero-order chi connectivity index (χ0) is 13.0. The molecule has 0 saturated carbocycles. The van der Waals surface area contributed by atoms with Crippen molar-refractivity contribution in [3.8, 4) is 11.5 Å². The molecule has 0 atom stereocenters. The van der Waals surface area contributed by atoms with Gasteiger partial charge in [0.1, 0.15) is 0 Å². The highest BCUT2D eigenvalue weighted by molar-refractivity contribution is 5.49. The lowest BCUT2D eigenvalue weighted by Gasteiger charge is -2.09. The molecule has 0 fully saturated rings. The van der Waals surface area contributed by atoms with Crippen molar-refractivity contribution in [1.82, 2.24) is 0 Å². The molecule has 0 saturated heterocycles. The number of para-hydroxylation sites is 1.